The molecule has 0 saturated heterocycles. The Labute approximate surface area is 123 Å². The Hall–Kier alpha value is -2.82. The van der Waals surface area contributed by atoms with E-state index in [1.807, 2.05) is 37.3 Å². The fourth-order valence-electron chi connectivity index (χ4n) is 1.65. The number of benzene rings is 1. The highest BCUT2D eigenvalue weighted by atomic mass is 16.3. The van der Waals surface area contributed by atoms with Crippen LogP contribution in [-0.2, 0) is 4.79 Å². The van der Waals surface area contributed by atoms with Gasteiger partial charge in [0.05, 0.1) is 12.8 Å². The highest BCUT2D eigenvalue weighted by Crippen LogP contribution is 2.08. The van der Waals surface area contributed by atoms with Gasteiger partial charge in [0, 0.05) is 11.9 Å². The fourth-order valence-corrected chi connectivity index (χ4v) is 1.65. The summed E-state index contributed by atoms with van der Waals surface area (Å²) in [6, 6.07) is 11.5. The van der Waals surface area contributed by atoms with Crippen LogP contribution in [0.5, 0.6) is 0 Å². The molecule has 0 fully saturated rings. The molecule has 5 nitrogen and oxygen atoms in total. The summed E-state index contributed by atoms with van der Waals surface area (Å²) >= 11 is 0. The van der Waals surface area contributed by atoms with Crippen LogP contribution in [0.2, 0.25) is 0 Å². The number of nitrogens with zero attached hydrogens (tertiary/aromatic N) is 1. The molecule has 0 spiro atoms. The van der Waals surface area contributed by atoms with Gasteiger partial charge in [0.15, 0.2) is 0 Å². The third kappa shape index (κ3) is 5.36. The smallest absolute Gasteiger partial charge is 0.259 e. The summed E-state index contributed by atoms with van der Waals surface area (Å²) in [5.74, 6) is 0.521. The Morgan fingerprint density at radius 1 is 1.33 bits per heavy atom. The zero-order chi connectivity index (χ0) is 14.9. The maximum atomic E-state index is 11.6. The van der Waals surface area contributed by atoms with Crippen molar-refractivity contribution in [2.45, 2.75) is 6.92 Å². The van der Waals surface area contributed by atoms with E-state index in [1.54, 1.807) is 24.5 Å². The first kappa shape index (κ1) is 14.6. The van der Waals surface area contributed by atoms with E-state index in [0.29, 0.717) is 0 Å². The lowest BCUT2D eigenvalue weighted by Crippen LogP contribution is -2.25. The number of allylic oxidation sites excluding steroid dienone is 1. The highest BCUT2D eigenvalue weighted by Gasteiger charge is 1.98. The lowest BCUT2D eigenvalue weighted by atomic mass is 10.2. The van der Waals surface area contributed by atoms with Crippen molar-refractivity contribution in [2.75, 3.05) is 11.9 Å². The van der Waals surface area contributed by atoms with E-state index < -0.39 is 0 Å². The van der Waals surface area contributed by atoms with Gasteiger partial charge < -0.3 is 9.73 Å². The van der Waals surface area contributed by atoms with E-state index in [1.165, 1.54) is 6.21 Å². The summed E-state index contributed by atoms with van der Waals surface area (Å²) in [5, 5.41) is 6.84. The normalized spacial score (nSPS) is 11.1. The van der Waals surface area contributed by atoms with E-state index in [4.69, 9.17) is 4.42 Å². The number of hydrogen-bond acceptors (Lipinski definition) is 4. The van der Waals surface area contributed by atoms with Crippen molar-refractivity contribution in [1.29, 1.82) is 0 Å². The second-order valence-electron chi connectivity index (χ2n) is 4.41. The zero-order valence-electron chi connectivity index (χ0n) is 11.7. The minimum absolute atomic E-state index is 0.169. The first-order valence-electron chi connectivity index (χ1n) is 6.56. The lowest BCUT2D eigenvalue weighted by Gasteiger charge is -2.05. The second-order valence-corrected chi connectivity index (χ2v) is 4.41. The van der Waals surface area contributed by atoms with Crippen LogP contribution >= 0.6 is 0 Å². The predicted octanol–water partition coefficient (Wildman–Crippen LogP) is 2.82. The molecule has 21 heavy (non-hydrogen) atoms. The molecular weight excluding hydrogens is 266 g/mol. The molecule has 1 heterocycles. The van der Waals surface area contributed by atoms with Crippen molar-refractivity contribution in [3.05, 3.63) is 60.1 Å². The number of carbonyl (C=O) groups is 1. The SMILES string of the molecule is Cc1cccc(NCC(=O)N/N=C/C=C/c2ccco2)c1. The number of furan rings is 1. The van der Waals surface area contributed by atoms with Crippen molar-refractivity contribution >= 4 is 23.9 Å². The van der Waals surface area contributed by atoms with Gasteiger partial charge in [-0.25, -0.2) is 5.43 Å². The average Bonchev–Trinajstić information content (AvgIpc) is 2.98. The van der Waals surface area contributed by atoms with Crippen LogP contribution in [-0.4, -0.2) is 18.7 Å². The van der Waals surface area contributed by atoms with Gasteiger partial charge in [-0.2, -0.15) is 5.10 Å². The van der Waals surface area contributed by atoms with Gasteiger partial charge >= 0.3 is 0 Å². The number of rotatable bonds is 6. The summed E-state index contributed by atoms with van der Waals surface area (Å²) in [5.41, 5.74) is 4.48. The summed E-state index contributed by atoms with van der Waals surface area (Å²) in [6.07, 6.45) is 6.52. The number of amides is 1. The van der Waals surface area contributed by atoms with E-state index in [0.717, 1.165) is 17.0 Å². The number of carbonyl (C=O) groups excluding carboxylic acids is 1. The van der Waals surface area contributed by atoms with E-state index in [-0.39, 0.29) is 12.5 Å². The highest BCUT2D eigenvalue weighted by molar-refractivity contribution is 5.83. The van der Waals surface area contributed by atoms with Gasteiger partial charge in [-0.1, -0.05) is 12.1 Å². The van der Waals surface area contributed by atoms with Crippen LogP contribution in [0.25, 0.3) is 6.08 Å². The summed E-state index contributed by atoms with van der Waals surface area (Å²) in [4.78, 5) is 11.6. The molecule has 108 valence electrons. The van der Waals surface area contributed by atoms with Gasteiger partial charge in [0.25, 0.3) is 5.91 Å². The molecule has 0 aliphatic rings. The van der Waals surface area contributed by atoms with Crippen LogP contribution in [0, 0.1) is 6.92 Å². The van der Waals surface area contributed by atoms with E-state index >= 15 is 0 Å². The van der Waals surface area contributed by atoms with Crippen molar-refractivity contribution in [2.24, 2.45) is 5.10 Å². The maximum Gasteiger partial charge on any atom is 0.259 e. The Kier molecular flexibility index (Phi) is 5.34. The van der Waals surface area contributed by atoms with Gasteiger partial charge in [0.1, 0.15) is 5.76 Å². The number of aryl methyl sites for hydroxylation is 1. The topological polar surface area (TPSA) is 66.6 Å². The summed E-state index contributed by atoms with van der Waals surface area (Å²) < 4.78 is 5.11. The number of hydrogen-bond donors (Lipinski definition) is 2. The molecule has 5 heteroatoms. The zero-order valence-corrected chi connectivity index (χ0v) is 11.7. The standard InChI is InChI=1S/C16H17N3O2/c1-13-5-2-6-14(11-13)17-12-16(20)19-18-9-3-7-15-8-4-10-21-15/h2-11,17H,12H2,1H3,(H,19,20)/b7-3+,18-9+. The minimum atomic E-state index is -0.209. The van der Waals surface area contributed by atoms with Gasteiger partial charge in [-0.15, -0.1) is 0 Å². The molecule has 0 aliphatic heterocycles. The lowest BCUT2D eigenvalue weighted by molar-refractivity contribution is -0.119. The average molecular weight is 283 g/mol. The quantitative estimate of drug-likeness (QED) is 0.633. The van der Waals surface area contributed by atoms with Crippen LogP contribution in [0.15, 0.2) is 58.3 Å². The maximum absolute atomic E-state index is 11.6. The molecule has 1 aromatic carbocycles. The molecular formula is C16H17N3O2. The van der Waals surface area contributed by atoms with Crippen molar-refractivity contribution in [3.63, 3.8) is 0 Å². The number of nitrogens with one attached hydrogen (secondary N) is 2. The first-order chi connectivity index (χ1) is 10.2. The van der Waals surface area contributed by atoms with E-state index in [2.05, 4.69) is 15.8 Å². The largest absolute Gasteiger partial charge is 0.465 e. The molecule has 1 amide bonds. The molecule has 2 rings (SSSR count). The van der Waals surface area contributed by atoms with Crippen LogP contribution < -0.4 is 10.7 Å². The molecule has 2 aromatic rings. The molecule has 0 saturated carbocycles. The molecule has 0 radical (unpaired) electrons. The Bertz CT molecular complexity index is 631. The van der Waals surface area contributed by atoms with Gasteiger partial charge in [-0.05, 0) is 48.9 Å². The van der Waals surface area contributed by atoms with Crippen LogP contribution in [0.3, 0.4) is 0 Å². The molecule has 0 atom stereocenters. The third-order valence-electron chi connectivity index (χ3n) is 2.62. The van der Waals surface area contributed by atoms with Crippen LogP contribution in [0.1, 0.15) is 11.3 Å². The minimum Gasteiger partial charge on any atom is -0.465 e. The molecule has 0 aliphatic carbocycles. The summed E-state index contributed by atoms with van der Waals surface area (Å²) in [6.45, 7) is 2.17. The molecule has 1 aromatic heterocycles. The van der Waals surface area contributed by atoms with Crippen molar-refractivity contribution in [1.82, 2.24) is 5.43 Å². The Balaban J connectivity index is 1.70. The number of anilines is 1. The Morgan fingerprint density at radius 3 is 3.00 bits per heavy atom. The van der Waals surface area contributed by atoms with Crippen molar-refractivity contribution < 1.29 is 9.21 Å². The fraction of sp³-hybridized carbons (Fsp3) is 0.125. The molecule has 0 bridgehead atoms. The van der Waals surface area contributed by atoms with Crippen molar-refractivity contribution in [3.8, 4) is 0 Å². The van der Waals surface area contributed by atoms with Gasteiger partial charge in [0.2, 0.25) is 0 Å². The first-order valence-corrected chi connectivity index (χ1v) is 6.56. The predicted molar refractivity (Wildman–Crippen MR) is 84.0 cm³/mol. The Morgan fingerprint density at radius 2 is 2.24 bits per heavy atom. The van der Waals surface area contributed by atoms with E-state index in [9.17, 15) is 4.79 Å². The molecule has 2 N–H and O–H groups in total. The monoisotopic (exact) mass is 283 g/mol. The number of hydrazone groups is 1. The van der Waals surface area contributed by atoms with Crippen LogP contribution in [0.4, 0.5) is 5.69 Å². The van der Waals surface area contributed by atoms with Gasteiger partial charge in [-0.3, -0.25) is 4.79 Å². The molecule has 0 unspecified atom stereocenters. The second kappa shape index (κ2) is 7.69. The third-order valence-corrected chi connectivity index (χ3v) is 2.62. The summed E-state index contributed by atoms with van der Waals surface area (Å²) in [7, 11) is 0.